The Morgan fingerprint density at radius 3 is 2.43 bits per heavy atom. The summed E-state index contributed by atoms with van der Waals surface area (Å²) in [5, 5.41) is 9.62. The number of carboxylic acid groups (broad SMARTS) is 1. The highest BCUT2D eigenvalue weighted by atomic mass is 16.5. The van der Waals surface area contributed by atoms with Crippen molar-refractivity contribution in [2.75, 3.05) is 13.2 Å². The predicted molar refractivity (Wildman–Crippen MR) is 72.1 cm³/mol. The molecule has 0 aliphatic carbocycles. The Bertz CT molecular complexity index is 645. The molecule has 1 saturated heterocycles. The van der Waals surface area contributed by atoms with E-state index < -0.39 is 23.3 Å². The molecule has 0 unspecified atom stereocenters. The van der Waals surface area contributed by atoms with E-state index in [4.69, 9.17) is 4.74 Å². The Balaban J connectivity index is 2.09. The fourth-order valence-corrected chi connectivity index (χ4v) is 2.99. The Morgan fingerprint density at radius 1 is 1.19 bits per heavy atom. The summed E-state index contributed by atoms with van der Waals surface area (Å²) in [6.07, 6.45) is 0.236. The maximum absolute atomic E-state index is 12.6. The highest BCUT2D eigenvalue weighted by Gasteiger charge is 2.54. The van der Waals surface area contributed by atoms with Crippen molar-refractivity contribution in [1.82, 2.24) is 4.90 Å². The van der Waals surface area contributed by atoms with Crippen molar-refractivity contribution in [2.45, 2.75) is 25.3 Å². The summed E-state index contributed by atoms with van der Waals surface area (Å²) >= 11 is 0. The number of fused-ring (bicyclic) bond motifs is 1. The minimum Gasteiger partial charge on any atom is -0.479 e. The lowest BCUT2D eigenvalue weighted by Crippen LogP contribution is -2.59. The van der Waals surface area contributed by atoms with Gasteiger partial charge in [-0.1, -0.05) is 11.6 Å². The standard InChI is InChI=1S/C15H15NO5/c1-9-2-3-10-11(8-9)13(18)16(12(10)17)15(14(19)20)4-6-21-7-5-15/h2-3,8H,4-7H2,1H3,(H,19,20). The highest BCUT2D eigenvalue weighted by molar-refractivity contribution is 6.23. The number of benzene rings is 1. The van der Waals surface area contributed by atoms with Crippen molar-refractivity contribution < 1.29 is 24.2 Å². The van der Waals surface area contributed by atoms with Crippen LogP contribution in [0.2, 0.25) is 0 Å². The third-order valence-corrected chi connectivity index (χ3v) is 4.19. The van der Waals surface area contributed by atoms with Gasteiger partial charge in [-0.15, -0.1) is 0 Å². The van der Waals surface area contributed by atoms with Gasteiger partial charge >= 0.3 is 5.97 Å². The molecule has 1 aromatic rings. The van der Waals surface area contributed by atoms with E-state index in [0.717, 1.165) is 10.5 Å². The molecule has 6 nitrogen and oxygen atoms in total. The van der Waals surface area contributed by atoms with Crippen LogP contribution in [-0.2, 0) is 9.53 Å². The number of nitrogens with zero attached hydrogens (tertiary/aromatic N) is 1. The maximum Gasteiger partial charge on any atom is 0.330 e. The van der Waals surface area contributed by atoms with Crippen LogP contribution in [0.25, 0.3) is 0 Å². The molecule has 0 aromatic heterocycles. The van der Waals surface area contributed by atoms with Crippen LogP contribution in [0.3, 0.4) is 0 Å². The lowest BCUT2D eigenvalue weighted by atomic mass is 9.88. The van der Waals surface area contributed by atoms with Gasteiger partial charge in [0.25, 0.3) is 11.8 Å². The van der Waals surface area contributed by atoms with Crippen LogP contribution in [-0.4, -0.2) is 46.5 Å². The maximum atomic E-state index is 12.6. The molecule has 6 heteroatoms. The smallest absolute Gasteiger partial charge is 0.330 e. The van der Waals surface area contributed by atoms with E-state index >= 15 is 0 Å². The molecule has 0 bridgehead atoms. The summed E-state index contributed by atoms with van der Waals surface area (Å²) in [7, 11) is 0. The molecule has 0 spiro atoms. The average molecular weight is 289 g/mol. The Morgan fingerprint density at radius 2 is 1.81 bits per heavy atom. The predicted octanol–water partition coefficient (Wildman–Crippen LogP) is 1.22. The second-order valence-electron chi connectivity index (χ2n) is 5.44. The monoisotopic (exact) mass is 289 g/mol. The van der Waals surface area contributed by atoms with E-state index in [1.807, 2.05) is 6.92 Å². The van der Waals surface area contributed by atoms with Crippen LogP contribution in [0.5, 0.6) is 0 Å². The second kappa shape index (κ2) is 4.66. The van der Waals surface area contributed by atoms with Gasteiger partial charge < -0.3 is 9.84 Å². The average Bonchev–Trinajstić information content (AvgIpc) is 2.71. The quantitative estimate of drug-likeness (QED) is 0.828. The lowest BCUT2D eigenvalue weighted by molar-refractivity contribution is -0.154. The number of aryl methyl sites for hydroxylation is 1. The third-order valence-electron chi connectivity index (χ3n) is 4.19. The van der Waals surface area contributed by atoms with Crippen LogP contribution in [0.15, 0.2) is 18.2 Å². The summed E-state index contributed by atoms with van der Waals surface area (Å²) in [4.78, 5) is 37.8. The van der Waals surface area contributed by atoms with Gasteiger partial charge in [-0.2, -0.15) is 0 Å². The van der Waals surface area contributed by atoms with Gasteiger partial charge in [0.2, 0.25) is 0 Å². The van der Waals surface area contributed by atoms with Gasteiger partial charge in [0.1, 0.15) is 0 Å². The lowest BCUT2D eigenvalue weighted by Gasteiger charge is -2.39. The molecule has 0 saturated carbocycles. The van der Waals surface area contributed by atoms with Crippen molar-refractivity contribution in [3.8, 4) is 0 Å². The number of carbonyl (C=O) groups is 3. The van der Waals surface area contributed by atoms with Crippen molar-refractivity contribution in [2.24, 2.45) is 0 Å². The first-order chi connectivity index (χ1) is 9.97. The van der Waals surface area contributed by atoms with E-state index in [0.29, 0.717) is 0 Å². The van der Waals surface area contributed by atoms with Crippen molar-refractivity contribution in [3.05, 3.63) is 34.9 Å². The van der Waals surface area contributed by atoms with Crippen molar-refractivity contribution in [3.63, 3.8) is 0 Å². The molecule has 2 heterocycles. The molecule has 1 N–H and O–H groups in total. The fraction of sp³-hybridized carbons (Fsp3) is 0.400. The van der Waals surface area contributed by atoms with Gasteiger partial charge in [0.05, 0.1) is 11.1 Å². The van der Waals surface area contributed by atoms with E-state index in [1.165, 1.54) is 0 Å². The highest BCUT2D eigenvalue weighted by Crippen LogP contribution is 2.36. The zero-order valence-electron chi connectivity index (χ0n) is 11.6. The SMILES string of the molecule is Cc1ccc2c(c1)C(=O)N(C1(C(=O)O)CCOCC1)C2=O. The normalized spacial score (nSPS) is 20.5. The summed E-state index contributed by atoms with van der Waals surface area (Å²) in [5.41, 5.74) is -0.0859. The van der Waals surface area contributed by atoms with Gasteiger partial charge in [-0.05, 0) is 19.1 Å². The summed E-state index contributed by atoms with van der Waals surface area (Å²) in [5.74, 6) is -2.21. The number of carboxylic acids is 1. The molecule has 0 atom stereocenters. The molecule has 0 radical (unpaired) electrons. The first kappa shape index (κ1) is 13.8. The van der Waals surface area contributed by atoms with Gasteiger partial charge in [-0.25, -0.2) is 4.79 Å². The molecule has 2 aliphatic heterocycles. The largest absolute Gasteiger partial charge is 0.479 e. The van der Waals surface area contributed by atoms with Gasteiger partial charge in [0, 0.05) is 26.1 Å². The van der Waals surface area contributed by atoms with Crippen molar-refractivity contribution in [1.29, 1.82) is 0 Å². The number of amides is 2. The number of aliphatic carboxylic acids is 1. The van der Waals surface area contributed by atoms with Crippen molar-refractivity contribution >= 4 is 17.8 Å². The first-order valence-corrected chi connectivity index (χ1v) is 6.78. The molecule has 1 fully saturated rings. The van der Waals surface area contributed by atoms with E-state index in [9.17, 15) is 19.5 Å². The molecular weight excluding hydrogens is 274 g/mol. The number of imide groups is 1. The van der Waals surface area contributed by atoms with E-state index in [1.54, 1.807) is 18.2 Å². The molecule has 2 aliphatic rings. The zero-order valence-corrected chi connectivity index (χ0v) is 11.6. The minimum absolute atomic E-state index is 0.118. The zero-order chi connectivity index (χ0) is 15.2. The molecule has 2 amide bonds. The third kappa shape index (κ3) is 1.86. The molecule has 1 aromatic carbocycles. The number of carbonyl (C=O) groups excluding carboxylic acids is 2. The Hall–Kier alpha value is -2.21. The molecule has 3 rings (SSSR count). The number of hydrogen-bond donors (Lipinski definition) is 1. The molecular formula is C15H15NO5. The topological polar surface area (TPSA) is 83.9 Å². The number of rotatable bonds is 2. The Kier molecular flexibility index (Phi) is 3.06. The van der Waals surface area contributed by atoms with Gasteiger partial charge in [0.15, 0.2) is 5.54 Å². The first-order valence-electron chi connectivity index (χ1n) is 6.78. The minimum atomic E-state index is -1.50. The van der Waals surface area contributed by atoms with Gasteiger partial charge in [-0.3, -0.25) is 14.5 Å². The van der Waals surface area contributed by atoms with Crippen LogP contribution in [0.4, 0.5) is 0 Å². The van der Waals surface area contributed by atoms with Crippen LogP contribution < -0.4 is 0 Å². The Labute approximate surface area is 121 Å². The second-order valence-corrected chi connectivity index (χ2v) is 5.44. The van der Waals surface area contributed by atoms with Crippen LogP contribution in [0, 0.1) is 6.92 Å². The number of ether oxygens (including phenoxy) is 1. The number of hydrogen-bond acceptors (Lipinski definition) is 4. The molecule has 110 valence electrons. The van der Waals surface area contributed by atoms with E-state index in [2.05, 4.69) is 0 Å². The summed E-state index contributed by atoms with van der Waals surface area (Å²) < 4.78 is 5.19. The van der Waals surface area contributed by atoms with Crippen LogP contribution in [0.1, 0.15) is 39.1 Å². The van der Waals surface area contributed by atoms with Crippen LogP contribution >= 0.6 is 0 Å². The summed E-state index contributed by atoms with van der Waals surface area (Å²) in [6, 6.07) is 4.95. The molecule has 21 heavy (non-hydrogen) atoms. The van der Waals surface area contributed by atoms with E-state index in [-0.39, 0.29) is 37.2 Å². The summed E-state index contributed by atoms with van der Waals surface area (Å²) in [6.45, 7) is 2.26. The fourth-order valence-electron chi connectivity index (χ4n) is 2.99.